The Balaban J connectivity index is 1.66. The van der Waals surface area contributed by atoms with E-state index in [1.165, 1.54) is 32.1 Å². The van der Waals surface area contributed by atoms with Crippen molar-refractivity contribution >= 4 is 5.97 Å². The lowest BCUT2D eigenvalue weighted by atomic mass is 9.51. The second kappa shape index (κ2) is 3.59. The quantitative estimate of drug-likeness (QED) is 0.872. The first-order valence-corrected chi connectivity index (χ1v) is 6.90. The van der Waals surface area contributed by atoms with Gasteiger partial charge in [-0.25, -0.2) is 4.79 Å². The van der Waals surface area contributed by atoms with Gasteiger partial charge in [-0.05, 0) is 55.8 Å². The van der Waals surface area contributed by atoms with Crippen molar-refractivity contribution in [3.05, 3.63) is 17.5 Å². The third-order valence-corrected chi connectivity index (χ3v) is 5.31. The number of carboxylic acids is 1. The molecule has 4 fully saturated rings. The Bertz CT molecular complexity index is 465. The van der Waals surface area contributed by atoms with E-state index in [2.05, 4.69) is 5.16 Å². The summed E-state index contributed by atoms with van der Waals surface area (Å²) in [5.74, 6) is 2.70. The number of nitrogens with zero attached hydrogens (tertiary/aromatic N) is 1. The van der Waals surface area contributed by atoms with Gasteiger partial charge < -0.3 is 9.63 Å². The van der Waals surface area contributed by atoms with Crippen LogP contribution in [0.25, 0.3) is 0 Å². The van der Waals surface area contributed by atoms with E-state index in [0.717, 1.165) is 17.5 Å². The van der Waals surface area contributed by atoms with Gasteiger partial charge in [-0.3, -0.25) is 0 Å². The van der Waals surface area contributed by atoms with Gasteiger partial charge in [0.05, 0.1) is 5.69 Å². The Morgan fingerprint density at radius 1 is 1.17 bits per heavy atom. The van der Waals surface area contributed by atoms with E-state index in [9.17, 15) is 4.79 Å². The Hall–Kier alpha value is -1.32. The lowest BCUT2D eigenvalue weighted by Gasteiger charge is -2.53. The monoisotopic (exact) mass is 247 g/mol. The summed E-state index contributed by atoms with van der Waals surface area (Å²) >= 11 is 0. The largest absolute Gasteiger partial charge is 0.475 e. The van der Waals surface area contributed by atoms with Crippen molar-refractivity contribution in [2.24, 2.45) is 23.7 Å². The summed E-state index contributed by atoms with van der Waals surface area (Å²) in [7, 11) is 0. The molecule has 0 aromatic carbocycles. The summed E-state index contributed by atoms with van der Waals surface area (Å²) < 4.78 is 4.93. The maximum atomic E-state index is 10.9. The Labute approximate surface area is 105 Å². The van der Waals surface area contributed by atoms with Crippen LogP contribution in [0.3, 0.4) is 0 Å². The standard InChI is InChI=1S/C14H17NO3/c16-14(17)12-6-11(15-18-12)13-9-2-7-1-8(4-9)5-10(13)3-7/h6-10,13H,1-5H2,(H,16,17). The van der Waals surface area contributed by atoms with E-state index in [1.54, 1.807) is 6.07 Å². The SMILES string of the molecule is O=C(O)c1cc(C2C3CC4CC(C3)CC2C4)no1. The highest BCUT2D eigenvalue weighted by Crippen LogP contribution is 2.59. The minimum Gasteiger partial charge on any atom is -0.475 e. The van der Waals surface area contributed by atoms with Crippen LogP contribution in [0.2, 0.25) is 0 Å². The molecule has 0 atom stereocenters. The molecule has 4 saturated carbocycles. The fourth-order valence-electron chi connectivity index (χ4n) is 4.95. The molecule has 18 heavy (non-hydrogen) atoms. The predicted molar refractivity (Wildman–Crippen MR) is 63.2 cm³/mol. The number of hydrogen-bond acceptors (Lipinski definition) is 3. The summed E-state index contributed by atoms with van der Waals surface area (Å²) in [6, 6.07) is 1.65. The number of carboxylic acid groups (broad SMARTS) is 1. The Kier molecular flexibility index (Phi) is 2.11. The van der Waals surface area contributed by atoms with Gasteiger partial charge in [0.15, 0.2) is 0 Å². The molecule has 0 unspecified atom stereocenters. The second-order valence-electron chi connectivity index (χ2n) is 6.38. The maximum absolute atomic E-state index is 10.9. The molecule has 4 heteroatoms. The van der Waals surface area contributed by atoms with Gasteiger partial charge in [-0.1, -0.05) is 5.16 Å². The highest BCUT2D eigenvalue weighted by atomic mass is 16.5. The molecule has 1 aromatic heterocycles. The topological polar surface area (TPSA) is 63.3 Å². The molecule has 5 rings (SSSR count). The van der Waals surface area contributed by atoms with Gasteiger partial charge in [-0.2, -0.15) is 0 Å². The number of aromatic carboxylic acids is 1. The molecule has 4 aliphatic carbocycles. The smallest absolute Gasteiger partial charge is 0.374 e. The van der Waals surface area contributed by atoms with Crippen LogP contribution < -0.4 is 0 Å². The van der Waals surface area contributed by atoms with Crippen LogP contribution in [0.5, 0.6) is 0 Å². The van der Waals surface area contributed by atoms with E-state index in [-0.39, 0.29) is 5.76 Å². The zero-order valence-corrected chi connectivity index (χ0v) is 10.2. The van der Waals surface area contributed by atoms with Crippen LogP contribution in [0.15, 0.2) is 10.6 Å². The molecule has 0 saturated heterocycles. The zero-order valence-electron chi connectivity index (χ0n) is 10.2. The molecule has 1 N–H and O–H groups in total. The normalized spacial score (nSPS) is 41.2. The number of rotatable bonds is 2. The first-order valence-electron chi connectivity index (χ1n) is 6.90. The van der Waals surface area contributed by atoms with Crippen LogP contribution in [0.1, 0.15) is 54.3 Å². The van der Waals surface area contributed by atoms with Gasteiger partial charge in [-0.15, -0.1) is 0 Å². The van der Waals surface area contributed by atoms with Crippen LogP contribution in [-0.2, 0) is 0 Å². The Morgan fingerprint density at radius 2 is 1.78 bits per heavy atom. The molecule has 96 valence electrons. The van der Waals surface area contributed by atoms with Gasteiger partial charge in [0, 0.05) is 12.0 Å². The molecular weight excluding hydrogens is 230 g/mol. The predicted octanol–water partition coefficient (Wildman–Crippen LogP) is 2.91. The molecular formula is C14H17NO3. The van der Waals surface area contributed by atoms with Crippen molar-refractivity contribution in [2.75, 3.05) is 0 Å². The average Bonchev–Trinajstić information content (AvgIpc) is 2.77. The number of hydrogen-bond donors (Lipinski definition) is 1. The van der Waals surface area contributed by atoms with Crippen LogP contribution in [0, 0.1) is 23.7 Å². The highest BCUT2D eigenvalue weighted by Gasteiger charge is 2.49. The van der Waals surface area contributed by atoms with Crippen molar-refractivity contribution in [3.63, 3.8) is 0 Å². The zero-order chi connectivity index (χ0) is 12.3. The molecule has 0 spiro atoms. The summed E-state index contributed by atoms with van der Waals surface area (Å²) in [6.07, 6.45) is 6.68. The Morgan fingerprint density at radius 3 is 2.28 bits per heavy atom. The highest BCUT2D eigenvalue weighted by molar-refractivity contribution is 5.84. The third-order valence-electron chi connectivity index (χ3n) is 5.31. The summed E-state index contributed by atoms with van der Waals surface area (Å²) in [5, 5.41) is 12.9. The van der Waals surface area contributed by atoms with Crippen molar-refractivity contribution in [1.29, 1.82) is 0 Å². The first-order chi connectivity index (χ1) is 8.70. The lowest BCUT2D eigenvalue weighted by Crippen LogP contribution is -2.43. The third kappa shape index (κ3) is 1.44. The van der Waals surface area contributed by atoms with E-state index in [4.69, 9.17) is 9.63 Å². The van der Waals surface area contributed by atoms with Crippen LogP contribution in [-0.4, -0.2) is 16.2 Å². The molecule has 0 aliphatic heterocycles. The molecule has 4 nitrogen and oxygen atoms in total. The van der Waals surface area contributed by atoms with E-state index < -0.39 is 5.97 Å². The van der Waals surface area contributed by atoms with E-state index in [0.29, 0.717) is 17.8 Å². The van der Waals surface area contributed by atoms with Crippen molar-refractivity contribution in [1.82, 2.24) is 5.16 Å². The molecule has 0 radical (unpaired) electrons. The minimum absolute atomic E-state index is 0.0150. The second-order valence-corrected chi connectivity index (χ2v) is 6.38. The lowest BCUT2D eigenvalue weighted by molar-refractivity contribution is -0.00506. The summed E-state index contributed by atoms with van der Waals surface area (Å²) in [4.78, 5) is 10.9. The fourth-order valence-corrected chi connectivity index (χ4v) is 4.95. The molecule has 1 heterocycles. The first kappa shape index (κ1) is 10.6. The van der Waals surface area contributed by atoms with Gasteiger partial charge >= 0.3 is 5.97 Å². The van der Waals surface area contributed by atoms with E-state index in [1.807, 2.05) is 0 Å². The molecule has 0 amide bonds. The molecule has 4 bridgehead atoms. The van der Waals surface area contributed by atoms with E-state index >= 15 is 0 Å². The fraction of sp³-hybridized carbons (Fsp3) is 0.714. The number of aromatic nitrogens is 1. The summed E-state index contributed by atoms with van der Waals surface area (Å²) in [5.41, 5.74) is 0.890. The van der Waals surface area contributed by atoms with Crippen LogP contribution in [0.4, 0.5) is 0 Å². The average molecular weight is 247 g/mol. The van der Waals surface area contributed by atoms with Crippen LogP contribution >= 0.6 is 0 Å². The minimum atomic E-state index is -1.02. The van der Waals surface area contributed by atoms with Crippen molar-refractivity contribution in [3.8, 4) is 0 Å². The molecule has 1 aromatic rings. The van der Waals surface area contributed by atoms with Crippen molar-refractivity contribution < 1.29 is 14.4 Å². The van der Waals surface area contributed by atoms with Gasteiger partial charge in [0.2, 0.25) is 5.76 Å². The number of carbonyl (C=O) groups is 1. The van der Waals surface area contributed by atoms with Gasteiger partial charge in [0.25, 0.3) is 0 Å². The molecule has 4 aliphatic rings. The summed E-state index contributed by atoms with van der Waals surface area (Å²) in [6.45, 7) is 0. The maximum Gasteiger partial charge on any atom is 0.374 e. The van der Waals surface area contributed by atoms with Gasteiger partial charge in [0.1, 0.15) is 0 Å². The van der Waals surface area contributed by atoms with Crippen molar-refractivity contribution in [2.45, 2.75) is 38.0 Å².